The Labute approximate surface area is 184 Å². The van der Waals surface area contributed by atoms with E-state index in [1.54, 1.807) is 35.3 Å². The van der Waals surface area contributed by atoms with Crippen LogP contribution in [0.1, 0.15) is 28.2 Å². The quantitative estimate of drug-likeness (QED) is 0.443. The van der Waals surface area contributed by atoms with E-state index in [2.05, 4.69) is 44.0 Å². The molecule has 0 spiro atoms. The molecule has 6 nitrogen and oxygen atoms in total. The molecule has 5 rings (SSSR count). The maximum Gasteiger partial charge on any atom is 0.168 e. The second-order valence-electron chi connectivity index (χ2n) is 7.73. The summed E-state index contributed by atoms with van der Waals surface area (Å²) in [7, 11) is 2.10. The highest BCUT2D eigenvalue weighted by Gasteiger charge is 2.14. The first-order valence-electron chi connectivity index (χ1n) is 10.2. The third kappa shape index (κ3) is 4.28. The van der Waals surface area contributed by atoms with Gasteiger partial charge in [0.05, 0.1) is 34.2 Å². The number of aromatic nitrogens is 4. The van der Waals surface area contributed by atoms with Gasteiger partial charge in [-0.05, 0) is 43.3 Å². The van der Waals surface area contributed by atoms with Crippen LogP contribution in [0.15, 0.2) is 60.6 Å². The molecule has 0 N–H and O–H groups in total. The summed E-state index contributed by atoms with van der Waals surface area (Å²) in [6.07, 6.45) is 10.5. The Morgan fingerprint density at radius 2 is 2.06 bits per heavy atom. The van der Waals surface area contributed by atoms with Gasteiger partial charge in [0.25, 0.3) is 0 Å². The Morgan fingerprint density at radius 3 is 2.87 bits per heavy atom. The molecule has 0 radical (unpaired) electrons. The van der Waals surface area contributed by atoms with Crippen molar-refractivity contribution < 1.29 is 4.79 Å². The summed E-state index contributed by atoms with van der Waals surface area (Å²) >= 11 is 1.58. The second-order valence-corrected chi connectivity index (χ2v) is 8.62. The van der Waals surface area contributed by atoms with E-state index < -0.39 is 0 Å². The summed E-state index contributed by atoms with van der Waals surface area (Å²) in [4.78, 5) is 33.9. The van der Waals surface area contributed by atoms with E-state index in [0.717, 1.165) is 52.2 Å². The van der Waals surface area contributed by atoms with E-state index in [-0.39, 0.29) is 12.2 Å². The summed E-state index contributed by atoms with van der Waals surface area (Å²) in [6.45, 7) is 1.91. The maximum absolute atomic E-state index is 13.0. The number of thiazole rings is 1. The van der Waals surface area contributed by atoms with Crippen LogP contribution < -0.4 is 0 Å². The van der Waals surface area contributed by atoms with Gasteiger partial charge in [0.1, 0.15) is 0 Å². The van der Waals surface area contributed by atoms with Crippen LogP contribution in [0, 0.1) is 0 Å². The minimum absolute atomic E-state index is 0.0376. The lowest BCUT2D eigenvalue weighted by atomic mass is 10.0. The second kappa shape index (κ2) is 8.45. The highest BCUT2D eigenvalue weighted by molar-refractivity contribution is 7.13. The van der Waals surface area contributed by atoms with Crippen molar-refractivity contribution in [2.24, 2.45) is 0 Å². The Morgan fingerprint density at radius 1 is 1.13 bits per heavy atom. The molecule has 0 aliphatic carbocycles. The van der Waals surface area contributed by atoms with Gasteiger partial charge in [0, 0.05) is 53.9 Å². The normalized spacial score (nSPS) is 14.5. The van der Waals surface area contributed by atoms with Crippen molar-refractivity contribution in [1.29, 1.82) is 0 Å². The number of hydrogen-bond acceptors (Lipinski definition) is 7. The molecule has 0 saturated heterocycles. The molecule has 1 aliphatic heterocycles. The molecule has 0 aromatic carbocycles. The molecule has 0 saturated carbocycles. The van der Waals surface area contributed by atoms with Crippen LogP contribution in [0.4, 0.5) is 0 Å². The zero-order chi connectivity index (χ0) is 21.2. The van der Waals surface area contributed by atoms with E-state index in [0.29, 0.717) is 5.56 Å². The molecule has 0 bridgehead atoms. The summed E-state index contributed by atoms with van der Waals surface area (Å²) < 4.78 is 0. The van der Waals surface area contributed by atoms with Gasteiger partial charge in [-0.15, -0.1) is 11.3 Å². The fourth-order valence-corrected chi connectivity index (χ4v) is 4.32. The number of pyridine rings is 3. The van der Waals surface area contributed by atoms with Crippen molar-refractivity contribution >= 4 is 33.6 Å². The Bertz CT molecular complexity index is 1280. The number of ketones is 1. The summed E-state index contributed by atoms with van der Waals surface area (Å²) in [5.41, 5.74) is 7.14. The molecule has 5 heterocycles. The predicted octanol–water partition coefficient (Wildman–Crippen LogP) is 4.29. The SMILES string of the molecule is CN1CC=C(c2cc(C(=O)Cc3cc4cc(-c5cncs5)cnc4cn3)ccn2)CC1. The highest BCUT2D eigenvalue weighted by atomic mass is 32.1. The van der Waals surface area contributed by atoms with Gasteiger partial charge in [-0.1, -0.05) is 6.08 Å². The summed E-state index contributed by atoms with van der Waals surface area (Å²) in [6, 6.07) is 7.71. The molecule has 4 aromatic rings. The van der Waals surface area contributed by atoms with Crippen LogP contribution in [0.5, 0.6) is 0 Å². The van der Waals surface area contributed by atoms with Gasteiger partial charge in [0.15, 0.2) is 5.78 Å². The lowest BCUT2D eigenvalue weighted by molar-refractivity contribution is 0.0992. The average molecular weight is 428 g/mol. The fraction of sp³-hybridized carbons (Fsp3) is 0.208. The van der Waals surface area contributed by atoms with E-state index >= 15 is 0 Å². The molecule has 0 amide bonds. The van der Waals surface area contributed by atoms with Crippen LogP contribution in [0.25, 0.3) is 26.9 Å². The van der Waals surface area contributed by atoms with Crippen molar-refractivity contribution in [3.05, 3.63) is 77.6 Å². The van der Waals surface area contributed by atoms with E-state index in [1.165, 1.54) is 5.57 Å². The molecule has 0 unspecified atom stereocenters. The molecule has 0 atom stereocenters. The third-order valence-corrected chi connectivity index (χ3v) is 6.33. The van der Waals surface area contributed by atoms with Crippen LogP contribution >= 0.6 is 11.3 Å². The van der Waals surface area contributed by atoms with Crippen molar-refractivity contribution in [2.75, 3.05) is 20.1 Å². The molecule has 154 valence electrons. The molecular weight excluding hydrogens is 406 g/mol. The minimum Gasteiger partial charge on any atom is -0.302 e. The Hall–Kier alpha value is -3.29. The van der Waals surface area contributed by atoms with Gasteiger partial charge in [0.2, 0.25) is 0 Å². The fourth-order valence-electron chi connectivity index (χ4n) is 3.72. The molecular formula is C24H21N5OS. The summed E-state index contributed by atoms with van der Waals surface area (Å²) in [5, 5.41) is 0.968. The monoisotopic (exact) mass is 427 g/mol. The largest absolute Gasteiger partial charge is 0.302 e. The van der Waals surface area contributed by atoms with Crippen LogP contribution in [-0.2, 0) is 6.42 Å². The van der Waals surface area contributed by atoms with Crippen LogP contribution in [0.3, 0.4) is 0 Å². The number of hydrogen-bond donors (Lipinski definition) is 0. The van der Waals surface area contributed by atoms with Crippen LogP contribution in [0.2, 0.25) is 0 Å². The van der Waals surface area contributed by atoms with Crippen molar-refractivity contribution in [3.8, 4) is 10.4 Å². The molecule has 4 aromatic heterocycles. The van der Waals surface area contributed by atoms with E-state index in [1.807, 2.05) is 24.5 Å². The Kier molecular flexibility index (Phi) is 5.36. The van der Waals surface area contributed by atoms with Gasteiger partial charge < -0.3 is 4.90 Å². The zero-order valence-corrected chi connectivity index (χ0v) is 18.0. The number of carbonyl (C=O) groups excluding carboxylic acids is 1. The van der Waals surface area contributed by atoms with Gasteiger partial charge in [-0.25, -0.2) is 0 Å². The third-order valence-electron chi connectivity index (χ3n) is 5.51. The summed E-state index contributed by atoms with van der Waals surface area (Å²) in [5.74, 6) is 0.0376. The smallest absolute Gasteiger partial charge is 0.168 e. The number of Topliss-reactive ketones (excluding diaryl/α,β-unsaturated/α-hetero) is 1. The molecule has 31 heavy (non-hydrogen) atoms. The van der Waals surface area contributed by atoms with E-state index in [4.69, 9.17) is 0 Å². The standard InChI is InChI=1S/C24H21N5OS/c1-29-6-3-16(4-7-29)21-10-17(2-5-26-21)23(30)11-20-9-18-8-19(24-14-25-15-31-24)12-28-22(18)13-27-20/h2-3,5,8-10,12-15H,4,6-7,11H2,1H3. The van der Waals surface area contributed by atoms with Crippen molar-refractivity contribution in [1.82, 2.24) is 24.8 Å². The van der Waals surface area contributed by atoms with E-state index in [9.17, 15) is 4.79 Å². The highest BCUT2D eigenvalue weighted by Crippen LogP contribution is 2.26. The number of rotatable bonds is 5. The molecule has 1 aliphatic rings. The van der Waals surface area contributed by atoms with Crippen molar-refractivity contribution in [3.63, 3.8) is 0 Å². The lowest BCUT2D eigenvalue weighted by Gasteiger charge is -2.21. The lowest BCUT2D eigenvalue weighted by Crippen LogP contribution is -2.23. The minimum atomic E-state index is 0.0376. The first kappa shape index (κ1) is 19.7. The molecule has 0 fully saturated rings. The first-order chi connectivity index (χ1) is 15.2. The topological polar surface area (TPSA) is 71.9 Å². The zero-order valence-electron chi connectivity index (χ0n) is 17.2. The number of nitrogens with zero attached hydrogens (tertiary/aromatic N) is 5. The predicted molar refractivity (Wildman–Crippen MR) is 123 cm³/mol. The Balaban J connectivity index is 1.38. The van der Waals surface area contributed by atoms with Gasteiger partial charge >= 0.3 is 0 Å². The molecule has 7 heteroatoms. The number of carbonyl (C=O) groups is 1. The number of fused-ring (bicyclic) bond motifs is 1. The van der Waals surface area contributed by atoms with Crippen molar-refractivity contribution in [2.45, 2.75) is 12.8 Å². The maximum atomic E-state index is 13.0. The van der Waals surface area contributed by atoms with Gasteiger partial charge in [-0.2, -0.15) is 0 Å². The first-order valence-corrected chi connectivity index (χ1v) is 11.0. The average Bonchev–Trinajstić information content (AvgIpc) is 3.34. The van der Waals surface area contributed by atoms with Gasteiger partial charge in [-0.3, -0.25) is 24.7 Å². The number of likely N-dealkylation sites (N-methyl/N-ethyl adjacent to an activating group) is 1. The van der Waals surface area contributed by atoms with Crippen LogP contribution in [-0.4, -0.2) is 50.8 Å².